The molecule has 2 rings (SSSR count). The molecule has 1 aromatic carbocycles. The molecule has 2 nitrogen and oxygen atoms in total. The molecule has 0 atom stereocenters. The van der Waals surface area contributed by atoms with E-state index in [9.17, 15) is 0 Å². The zero-order valence-corrected chi connectivity index (χ0v) is 17.4. The first-order chi connectivity index (χ1) is 13.3. The topological polar surface area (TPSA) is 22.1 Å². The van der Waals surface area contributed by atoms with Gasteiger partial charge in [-0.1, -0.05) is 89.5 Å². The monoisotopic (exact) mass is 367 g/mol. The zero-order chi connectivity index (χ0) is 19.2. The Kier molecular flexibility index (Phi) is 10.6. The molecule has 0 radical (unpaired) electrons. The Morgan fingerprint density at radius 2 is 1.37 bits per heavy atom. The van der Waals surface area contributed by atoms with Gasteiger partial charge >= 0.3 is 0 Å². The molecular weight excluding hydrogens is 330 g/mol. The summed E-state index contributed by atoms with van der Waals surface area (Å²) in [5, 5.41) is 0. The Morgan fingerprint density at radius 1 is 0.704 bits per heavy atom. The van der Waals surface area contributed by atoms with Crippen molar-refractivity contribution < 1.29 is 4.74 Å². The summed E-state index contributed by atoms with van der Waals surface area (Å²) in [5.41, 5.74) is 3.62. The van der Waals surface area contributed by atoms with Crippen LogP contribution in [0.5, 0.6) is 5.75 Å². The van der Waals surface area contributed by atoms with Gasteiger partial charge in [0.1, 0.15) is 5.75 Å². The van der Waals surface area contributed by atoms with Crippen molar-refractivity contribution in [3.05, 3.63) is 48.2 Å². The summed E-state index contributed by atoms with van der Waals surface area (Å²) in [7, 11) is 0. The fourth-order valence-corrected chi connectivity index (χ4v) is 3.31. The molecule has 0 fully saturated rings. The van der Waals surface area contributed by atoms with E-state index in [1.165, 1.54) is 75.3 Å². The average molecular weight is 368 g/mol. The molecule has 0 bridgehead atoms. The smallest absolute Gasteiger partial charge is 0.137 e. The molecule has 0 spiro atoms. The summed E-state index contributed by atoms with van der Waals surface area (Å²) >= 11 is 0. The molecule has 0 N–H and O–H groups in total. The molecule has 1 aromatic heterocycles. The van der Waals surface area contributed by atoms with Crippen LogP contribution in [0.3, 0.4) is 0 Å². The molecule has 27 heavy (non-hydrogen) atoms. The van der Waals surface area contributed by atoms with Crippen LogP contribution in [0.2, 0.25) is 0 Å². The summed E-state index contributed by atoms with van der Waals surface area (Å²) in [6.07, 6.45) is 16.1. The Balaban J connectivity index is 1.74. The number of pyridine rings is 1. The minimum Gasteiger partial charge on any atom is -0.492 e. The van der Waals surface area contributed by atoms with E-state index in [1.807, 2.05) is 12.3 Å². The summed E-state index contributed by atoms with van der Waals surface area (Å²) in [6.45, 7) is 5.28. The predicted octanol–water partition coefficient (Wildman–Crippen LogP) is 7.61. The van der Waals surface area contributed by atoms with Crippen molar-refractivity contribution in [1.29, 1.82) is 0 Å². The summed E-state index contributed by atoms with van der Waals surface area (Å²) in [4.78, 5) is 4.57. The molecule has 148 valence electrons. The van der Waals surface area contributed by atoms with Crippen molar-refractivity contribution in [3.63, 3.8) is 0 Å². The van der Waals surface area contributed by atoms with Gasteiger partial charge in [-0.05, 0) is 37.0 Å². The van der Waals surface area contributed by atoms with Crippen molar-refractivity contribution in [3.8, 4) is 17.0 Å². The van der Waals surface area contributed by atoms with Crippen molar-refractivity contribution >= 4 is 0 Å². The van der Waals surface area contributed by atoms with Crippen LogP contribution in [-0.2, 0) is 6.42 Å². The predicted molar refractivity (Wildman–Crippen MR) is 116 cm³/mol. The lowest BCUT2D eigenvalue weighted by atomic mass is 10.0. The third kappa shape index (κ3) is 8.60. The van der Waals surface area contributed by atoms with Crippen LogP contribution >= 0.6 is 0 Å². The van der Waals surface area contributed by atoms with E-state index >= 15 is 0 Å². The van der Waals surface area contributed by atoms with E-state index in [2.05, 4.69) is 49.2 Å². The maximum absolute atomic E-state index is 5.78. The molecule has 0 saturated carbocycles. The fourth-order valence-electron chi connectivity index (χ4n) is 3.31. The molecule has 1 heterocycles. The van der Waals surface area contributed by atoms with Gasteiger partial charge in [0.25, 0.3) is 0 Å². The largest absolute Gasteiger partial charge is 0.492 e. The van der Waals surface area contributed by atoms with Crippen molar-refractivity contribution in [1.82, 2.24) is 4.98 Å². The number of rotatable bonds is 14. The molecule has 2 aromatic rings. The number of hydrogen-bond acceptors (Lipinski definition) is 2. The SMILES string of the molecule is CCCCCCCCc1ccc(-c2ccc(OCCCCCC)cn2)cc1. The highest BCUT2D eigenvalue weighted by molar-refractivity contribution is 5.59. The third-order valence-corrected chi connectivity index (χ3v) is 5.07. The van der Waals surface area contributed by atoms with E-state index in [0.717, 1.165) is 24.5 Å². The van der Waals surface area contributed by atoms with E-state index in [-0.39, 0.29) is 0 Å². The minimum absolute atomic E-state index is 0.786. The van der Waals surface area contributed by atoms with Gasteiger partial charge in [-0.2, -0.15) is 0 Å². The summed E-state index contributed by atoms with van der Waals surface area (Å²) in [5.74, 6) is 0.870. The molecule has 0 unspecified atom stereocenters. The van der Waals surface area contributed by atoms with Gasteiger partial charge in [0, 0.05) is 5.56 Å². The van der Waals surface area contributed by atoms with Crippen molar-refractivity contribution in [2.75, 3.05) is 6.61 Å². The maximum atomic E-state index is 5.78. The van der Waals surface area contributed by atoms with Gasteiger partial charge in [0.15, 0.2) is 0 Å². The number of unbranched alkanes of at least 4 members (excludes halogenated alkanes) is 8. The van der Waals surface area contributed by atoms with Gasteiger partial charge < -0.3 is 4.74 Å². The van der Waals surface area contributed by atoms with Crippen LogP contribution in [0.15, 0.2) is 42.6 Å². The number of ether oxygens (including phenoxy) is 1. The van der Waals surface area contributed by atoms with E-state index in [4.69, 9.17) is 4.74 Å². The second kappa shape index (κ2) is 13.4. The second-order valence-electron chi connectivity index (χ2n) is 7.50. The molecular formula is C25H37NO. The number of aromatic nitrogens is 1. The lowest BCUT2D eigenvalue weighted by Gasteiger charge is -2.07. The third-order valence-electron chi connectivity index (χ3n) is 5.07. The average Bonchev–Trinajstić information content (AvgIpc) is 2.71. The van der Waals surface area contributed by atoms with Crippen LogP contribution in [0.25, 0.3) is 11.3 Å². The van der Waals surface area contributed by atoms with Crippen LogP contribution < -0.4 is 4.74 Å². The van der Waals surface area contributed by atoms with Gasteiger partial charge in [0.2, 0.25) is 0 Å². The van der Waals surface area contributed by atoms with Gasteiger partial charge in [-0.3, -0.25) is 4.98 Å². The normalized spacial score (nSPS) is 10.9. The molecule has 2 heteroatoms. The zero-order valence-electron chi connectivity index (χ0n) is 17.4. The van der Waals surface area contributed by atoms with Crippen LogP contribution in [0.4, 0.5) is 0 Å². The van der Waals surface area contributed by atoms with Gasteiger partial charge in [-0.25, -0.2) is 0 Å². The van der Waals surface area contributed by atoms with E-state index < -0.39 is 0 Å². The van der Waals surface area contributed by atoms with Crippen LogP contribution in [0, 0.1) is 0 Å². The Bertz CT molecular complexity index is 603. The molecule has 0 aliphatic rings. The highest BCUT2D eigenvalue weighted by atomic mass is 16.5. The summed E-state index contributed by atoms with van der Waals surface area (Å²) < 4.78 is 5.78. The first-order valence-corrected chi connectivity index (χ1v) is 11.0. The molecule has 0 amide bonds. The second-order valence-corrected chi connectivity index (χ2v) is 7.50. The maximum Gasteiger partial charge on any atom is 0.137 e. The van der Waals surface area contributed by atoms with Crippen molar-refractivity contribution in [2.45, 2.75) is 84.5 Å². The minimum atomic E-state index is 0.786. The fraction of sp³-hybridized carbons (Fsp3) is 0.560. The molecule has 0 saturated heterocycles. The van der Waals surface area contributed by atoms with Crippen molar-refractivity contribution in [2.24, 2.45) is 0 Å². The lowest BCUT2D eigenvalue weighted by molar-refractivity contribution is 0.304. The highest BCUT2D eigenvalue weighted by Crippen LogP contribution is 2.21. The number of aryl methyl sites for hydroxylation is 1. The van der Waals surface area contributed by atoms with Crippen LogP contribution in [0.1, 0.15) is 83.6 Å². The van der Waals surface area contributed by atoms with Gasteiger partial charge in [0.05, 0.1) is 18.5 Å². The van der Waals surface area contributed by atoms with Crippen LogP contribution in [-0.4, -0.2) is 11.6 Å². The quantitative estimate of drug-likeness (QED) is 0.320. The molecule has 0 aliphatic heterocycles. The first-order valence-electron chi connectivity index (χ1n) is 11.0. The number of benzene rings is 1. The standard InChI is InChI=1S/C25H37NO/c1-3-5-7-9-10-11-13-22-14-16-23(17-15-22)25-19-18-24(21-26-25)27-20-12-8-6-4-2/h14-19,21H,3-13,20H2,1-2H3. The number of hydrogen-bond donors (Lipinski definition) is 0. The highest BCUT2D eigenvalue weighted by Gasteiger charge is 2.02. The first kappa shape index (κ1) is 21.5. The Hall–Kier alpha value is -1.83. The summed E-state index contributed by atoms with van der Waals surface area (Å²) in [6, 6.07) is 13.0. The van der Waals surface area contributed by atoms with Gasteiger partial charge in [-0.15, -0.1) is 0 Å². The number of nitrogens with zero attached hydrogens (tertiary/aromatic N) is 1. The van der Waals surface area contributed by atoms with E-state index in [1.54, 1.807) is 0 Å². The molecule has 0 aliphatic carbocycles. The Labute approximate surface area is 166 Å². The Morgan fingerprint density at radius 3 is 2.04 bits per heavy atom. The lowest BCUT2D eigenvalue weighted by Crippen LogP contribution is -1.97. The van der Waals surface area contributed by atoms with E-state index in [0.29, 0.717) is 0 Å².